The van der Waals surface area contributed by atoms with Crippen LogP contribution in [0.25, 0.3) is 0 Å². The van der Waals surface area contributed by atoms with Gasteiger partial charge in [0.05, 0.1) is 11.3 Å². The van der Waals surface area contributed by atoms with E-state index in [-0.39, 0.29) is 23.8 Å². The van der Waals surface area contributed by atoms with Crippen molar-refractivity contribution in [1.29, 1.82) is 0 Å². The van der Waals surface area contributed by atoms with Gasteiger partial charge in [-0.2, -0.15) is 0 Å². The number of phenols is 1. The van der Waals surface area contributed by atoms with Crippen molar-refractivity contribution in [2.24, 2.45) is 0 Å². The van der Waals surface area contributed by atoms with Gasteiger partial charge in [0.2, 0.25) is 0 Å². The first-order valence-electron chi connectivity index (χ1n) is 8.07. The average Bonchev–Trinajstić information content (AvgIpc) is 2.77. The van der Waals surface area contributed by atoms with Crippen molar-refractivity contribution >= 4 is 29.3 Å². The molecule has 0 fully saturated rings. The van der Waals surface area contributed by atoms with Gasteiger partial charge in [0.15, 0.2) is 6.61 Å². The number of phenolic OH excluding ortho intramolecular Hbond substituents is 1. The van der Waals surface area contributed by atoms with Gasteiger partial charge in [-0.3, -0.25) is 4.79 Å². The molecule has 0 spiro atoms. The quantitative estimate of drug-likeness (QED) is 0.852. The van der Waals surface area contributed by atoms with Crippen LogP contribution in [0.4, 0.5) is 5.69 Å². The Bertz CT molecular complexity index is 792. The maximum atomic E-state index is 12.6. The van der Waals surface area contributed by atoms with E-state index in [1.54, 1.807) is 22.7 Å². The summed E-state index contributed by atoms with van der Waals surface area (Å²) in [7, 11) is 0. The molecule has 1 heterocycles. The molecule has 1 aliphatic rings. The molecule has 0 radical (unpaired) electrons. The molecule has 5 nitrogen and oxygen atoms in total. The summed E-state index contributed by atoms with van der Waals surface area (Å²) in [5.41, 5.74) is 1.07. The number of hydrogen-bond acceptors (Lipinski definition) is 5. The molecule has 0 aliphatic carbocycles. The van der Waals surface area contributed by atoms with Gasteiger partial charge in [0.1, 0.15) is 5.75 Å². The second kappa shape index (κ2) is 7.61. The van der Waals surface area contributed by atoms with Gasteiger partial charge in [0, 0.05) is 16.7 Å². The maximum absolute atomic E-state index is 12.6. The Morgan fingerprint density at radius 2 is 2.04 bits per heavy atom. The molecule has 1 aliphatic heterocycles. The average molecular weight is 357 g/mol. The molecule has 0 aromatic heterocycles. The van der Waals surface area contributed by atoms with E-state index in [4.69, 9.17) is 4.74 Å². The highest BCUT2D eigenvalue weighted by molar-refractivity contribution is 8.00. The number of benzene rings is 2. The van der Waals surface area contributed by atoms with Crippen LogP contribution in [-0.2, 0) is 9.53 Å². The number of thioether (sulfide) groups is 1. The summed E-state index contributed by atoms with van der Waals surface area (Å²) in [6.07, 6.45) is 0.867. The summed E-state index contributed by atoms with van der Waals surface area (Å²) in [5.74, 6) is -0.904. The highest BCUT2D eigenvalue weighted by Crippen LogP contribution is 2.37. The van der Waals surface area contributed by atoms with E-state index >= 15 is 0 Å². The number of ether oxygens (including phenoxy) is 1. The van der Waals surface area contributed by atoms with Crippen molar-refractivity contribution in [2.45, 2.75) is 23.5 Å². The second-order valence-corrected chi connectivity index (χ2v) is 7.34. The third-order valence-corrected chi connectivity index (χ3v) is 5.19. The van der Waals surface area contributed by atoms with Gasteiger partial charge in [0.25, 0.3) is 5.91 Å². The van der Waals surface area contributed by atoms with E-state index in [0.717, 1.165) is 17.0 Å². The lowest BCUT2D eigenvalue weighted by Gasteiger charge is -2.22. The number of para-hydroxylation sites is 1. The summed E-state index contributed by atoms with van der Waals surface area (Å²) < 4.78 is 5.13. The number of amides is 1. The Balaban J connectivity index is 1.70. The topological polar surface area (TPSA) is 66.8 Å². The fourth-order valence-electron chi connectivity index (χ4n) is 2.67. The van der Waals surface area contributed by atoms with E-state index in [1.165, 1.54) is 18.2 Å². The number of aromatic hydroxyl groups is 1. The Morgan fingerprint density at radius 1 is 1.24 bits per heavy atom. The minimum Gasteiger partial charge on any atom is -0.508 e. The Morgan fingerprint density at radius 3 is 2.84 bits per heavy atom. The zero-order chi connectivity index (χ0) is 17.8. The first-order valence-corrected chi connectivity index (χ1v) is 8.95. The van der Waals surface area contributed by atoms with Crippen LogP contribution in [0.3, 0.4) is 0 Å². The molecule has 3 rings (SSSR count). The summed E-state index contributed by atoms with van der Waals surface area (Å²) in [5, 5.41) is 9.83. The molecule has 1 atom stereocenters. The monoisotopic (exact) mass is 357 g/mol. The van der Waals surface area contributed by atoms with Crippen LogP contribution in [0.1, 0.15) is 23.7 Å². The number of anilines is 1. The van der Waals surface area contributed by atoms with Crippen LogP contribution < -0.4 is 4.90 Å². The smallest absolute Gasteiger partial charge is 0.338 e. The van der Waals surface area contributed by atoms with E-state index in [1.807, 2.05) is 24.3 Å². The number of carbonyl (C=O) groups excluding carboxylic acids is 2. The first-order chi connectivity index (χ1) is 12.0. The van der Waals surface area contributed by atoms with Crippen LogP contribution in [0.2, 0.25) is 0 Å². The van der Waals surface area contributed by atoms with Gasteiger partial charge < -0.3 is 14.7 Å². The highest BCUT2D eigenvalue weighted by Gasteiger charge is 2.25. The predicted octanol–water partition coefficient (Wildman–Crippen LogP) is 3.47. The van der Waals surface area contributed by atoms with Gasteiger partial charge in [-0.05, 0) is 36.8 Å². The molecular weight excluding hydrogens is 338 g/mol. The fourth-order valence-corrected chi connectivity index (χ4v) is 3.78. The Hall–Kier alpha value is -2.47. The van der Waals surface area contributed by atoms with Gasteiger partial charge in [-0.15, -0.1) is 11.8 Å². The molecule has 1 amide bonds. The molecule has 6 heteroatoms. The summed E-state index contributed by atoms with van der Waals surface area (Å²) in [6, 6.07) is 13.6. The number of fused-ring (bicyclic) bond motifs is 1. The fraction of sp³-hybridized carbons (Fsp3) is 0.263. The lowest BCUT2D eigenvalue weighted by atomic mass is 10.2. The predicted molar refractivity (Wildman–Crippen MR) is 97.1 cm³/mol. The van der Waals surface area contributed by atoms with Crippen molar-refractivity contribution < 1.29 is 19.4 Å². The van der Waals surface area contributed by atoms with Crippen LogP contribution in [-0.4, -0.2) is 35.4 Å². The van der Waals surface area contributed by atoms with Gasteiger partial charge in [-0.1, -0.05) is 25.1 Å². The van der Waals surface area contributed by atoms with Gasteiger partial charge in [-0.25, -0.2) is 4.79 Å². The molecule has 1 N–H and O–H groups in total. The van der Waals surface area contributed by atoms with E-state index < -0.39 is 5.97 Å². The molecule has 0 saturated carbocycles. The first kappa shape index (κ1) is 17.4. The summed E-state index contributed by atoms with van der Waals surface area (Å²) in [6.45, 7) is 2.40. The van der Waals surface area contributed by atoms with Crippen molar-refractivity contribution in [2.75, 3.05) is 18.1 Å². The lowest BCUT2D eigenvalue weighted by molar-refractivity contribution is -0.121. The zero-order valence-corrected chi connectivity index (χ0v) is 14.7. The third-order valence-electron chi connectivity index (χ3n) is 3.95. The highest BCUT2D eigenvalue weighted by atomic mass is 32.2. The standard InChI is InChI=1S/C19H19NO4S/c1-13-9-10-20(16-7-2-3-8-17(16)25-13)18(22)12-24-19(23)14-5-4-6-15(21)11-14/h2-8,11,13,21H,9-10,12H2,1H3. The molecular formula is C19H19NO4S. The number of esters is 1. The van der Waals surface area contributed by atoms with E-state index in [0.29, 0.717) is 11.8 Å². The van der Waals surface area contributed by atoms with Crippen LogP contribution in [0.5, 0.6) is 5.75 Å². The minimum absolute atomic E-state index is 0.0202. The second-order valence-electron chi connectivity index (χ2n) is 5.86. The van der Waals surface area contributed by atoms with Gasteiger partial charge >= 0.3 is 5.97 Å². The molecule has 0 bridgehead atoms. The number of rotatable bonds is 3. The SMILES string of the molecule is CC1CCN(C(=O)COC(=O)c2cccc(O)c2)c2ccccc2S1. The lowest BCUT2D eigenvalue weighted by Crippen LogP contribution is -2.35. The number of carbonyl (C=O) groups is 2. The molecule has 1 unspecified atom stereocenters. The Kier molecular flexibility index (Phi) is 5.28. The normalized spacial score (nSPS) is 16.7. The molecule has 0 saturated heterocycles. The van der Waals surface area contributed by atoms with Crippen LogP contribution >= 0.6 is 11.8 Å². The molecule has 2 aromatic carbocycles. The summed E-state index contributed by atoms with van der Waals surface area (Å²) in [4.78, 5) is 27.4. The zero-order valence-electron chi connectivity index (χ0n) is 13.8. The van der Waals surface area contributed by atoms with E-state index in [2.05, 4.69) is 6.92 Å². The van der Waals surface area contributed by atoms with E-state index in [9.17, 15) is 14.7 Å². The van der Waals surface area contributed by atoms with Crippen LogP contribution in [0, 0.1) is 0 Å². The van der Waals surface area contributed by atoms with Crippen molar-refractivity contribution in [3.63, 3.8) is 0 Å². The van der Waals surface area contributed by atoms with Crippen molar-refractivity contribution in [3.05, 3.63) is 54.1 Å². The molecule has 25 heavy (non-hydrogen) atoms. The van der Waals surface area contributed by atoms with Crippen molar-refractivity contribution in [3.8, 4) is 5.75 Å². The molecule has 2 aromatic rings. The number of hydrogen-bond donors (Lipinski definition) is 1. The Labute approximate surface area is 150 Å². The largest absolute Gasteiger partial charge is 0.508 e. The van der Waals surface area contributed by atoms with Crippen LogP contribution in [0.15, 0.2) is 53.4 Å². The minimum atomic E-state index is -0.630. The number of nitrogens with zero attached hydrogens (tertiary/aromatic N) is 1. The third kappa shape index (κ3) is 4.14. The van der Waals surface area contributed by atoms with Crippen molar-refractivity contribution in [1.82, 2.24) is 0 Å². The summed E-state index contributed by atoms with van der Waals surface area (Å²) >= 11 is 1.75. The molecule has 130 valence electrons. The maximum Gasteiger partial charge on any atom is 0.338 e.